The molecule has 2 unspecified atom stereocenters. The van der Waals surface area contributed by atoms with E-state index in [9.17, 15) is 9.59 Å². The molecule has 0 bridgehead atoms. The molecule has 2 aromatic heterocycles. The molecular weight excluding hydrogens is 513 g/mol. The second-order valence-corrected chi connectivity index (χ2v) is 10.5. The van der Waals surface area contributed by atoms with Crippen molar-refractivity contribution in [2.45, 2.75) is 38.8 Å². The maximum atomic E-state index is 13.7. The van der Waals surface area contributed by atoms with Crippen molar-refractivity contribution in [3.63, 3.8) is 0 Å². The summed E-state index contributed by atoms with van der Waals surface area (Å²) >= 11 is 12.8. The van der Waals surface area contributed by atoms with Gasteiger partial charge in [0.1, 0.15) is 6.54 Å². The summed E-state index contributed by atoms with van der Waals surface area (Å²) < 4.78 is 0. The predicted octanol–water partition coefficient (Wildman–Crippen LogP) is 2.80. The molecule has 37 heavy (non-hydrogen) atoms. The van der Waals surface area contributed by atoms with Gasteiger partial charge in [0.05, 0.1) is 17.8 Å². The van der Waals surface area contributed by atoms with Crippen molar-refractivity contribution in [2.24, 2.45) is 11.7 Å². The molecule has 0 spiro atoms. The lowest BCUT2D eigenvalue weighted by molar-refractivity contribution is -0.132. The average molecular weight is 544 g/mol. The molecule has 3 aliphatic rings. The molecule has 1 saturated heterocycles. The first kappa shape index (κ1) is 25.9. The van der Waals surface area contributed by atoms with Gasteiger partial charge in [0.2, 0.25) is 11.9 Å². The number of amides is 2. The number of nitrogens with two attached hydrogens (primary N) is 1. The van der Waals surface area contributed by atoms with Gasteiger partial charge in [-0.15, -0.1) is 11.6 Å². The van der Waals surface area contributed by atoms with Crippen molar-refractivity contribution in [1.82, 2.24) is 24.8 Å². The molecule has 196 valence electrons. The van der Waals surface area contributed by atoms with Gasteiger partial charge in [-0.25, -0.2) is 9.97 Å². The van der Waals surface area contributed by atoms with Crippen LogP contribution in [0.4, 0.5) is 5.95 Å². The summed E-state index contributed by atoms with van der Waals surface area (Å²) in [6, 6.07) is 1.78. The highest BCUT2D eigenvalue weighted by atomic mass is 35.5. The van der Waals surface area contributed by atoms with Crippen LogP contribution in [0.3, 0.4) is 0 Å². The number of anilines is 1. The van der Waals surface area contributed by atoms with Gasteiger partial charge in [-0.3, -0.25) is 14.6 Å². The Morgan fingerprint density at radius 2 is 1.89 bits per heavy atom. The molecule has 11 heteroatoms. The maximum absolute atomic E-state index is 13.7. The Labute approximate surface area is 226 Å². The van der Waals surface area contributed by atoms with E-state index in [1.54, 1.807) is 28.3 Å². The van der Waals surface area contributed by atoms with E-state index in [0.29, 0.717) is 60.8 Å². The summed E-state index contributed by atoms with van der Waals surface area (Å²) in [5.41, 5.74) is 9.93. The van der Waals surface area contributed by atoms with Crippen LogP contribution in [-0.2, 0) is 17.9 Å². The number of hydrogen-bond acceptors (Lipinski definition) is 7. The van der Waals surface area contributed by atoms with Gasteiger partial charge in [-0.05, 0) is 42.9 Å². The largest absolute Gasteiger partial charge is 0.338 e. The number of fused-ring (bicyclic) bond motifs is 1. The molecule has 4 heterocycles. The number of aromatic nitrogens is 3. The molecule has 5 rings (SSSR count). The van der Waals surface area contributed by atoms with Crippen LogP contribution in [0, 0.1) is 12.8 Å². The number of aryl methyl sites for hydroxylation is 1. The van der Waals surface area contributed by atoms with Crippen LogP contribution in [0.2, 0.25) is 0 Å². The first-order valence-electron chi connectivity index (χ1n) is 12.7. The SMILES string of the molecule is Cc1nc2c(c(C3CCC(CCl)C=C3Cl)c1CN)C(=O)N(CC(=O)N1CCN(c3ncccn3)CC1)C2. The summed E-state index contributed by atoms with van der Waals surface area (Å²) in [6.45, 7) is 4.89. The Morgan fingerprint density at radius 3 is 2.54 bits per heavy atom. The molecule has 2 aliphatic heterocycles. The van der Waals surface area contributed by atoms with E-state index in [0.717, 1.165) is 29.7 Å². The first-order chi connectivity index (χ1) is 17.9. The summed E-state index contributed by atoms with van der Waals surface area (Å²) in [5, 5.41) is 0.696. The summed E-state index contributed by atoms with van der Waals surface area (Å²) in [6.07, 6.45) is 7.11. The minimum Gasteiger partial charge on any atom is -0.338 e. The monoisotopic (exact) mass is 543 g/mol. The van der Waals surface area contributed by atoms with Crippen molar-refractivity contribution < 1.29 is 9.59 Å². The second kappa shape index (κ2) is 10.9. The van der Waals surface area contributed by atoms with Gasteiger partial charge in [-0.2, -0.15) is 0 Å². The minimum atomic E-state index is -0.180. The van der Waals surface area contributed by atoms with Crippen LogP contribution in [0.25, 0.3) is 0 Å². The number of nitrogens with zero attached hydrogens (tertiary/aromatic N) is 6. The predicted molar refractivity (Wildman–Crippen MR) is 143 cm³/mol. The van der Waals surface area contributed by atoms with Gasteiger partial charge < -0.3 is 20.4 Å². The number of allylic oxidation sites excluding steroid dienone is 2. The lowest BCUT2D eigenvalue weighted by Gasteiger charge is -2.35. The van der Waals surface area contributed by atoms with Gasteiger partial charge in [0.25, 0.3) is 5.91 Å². The number of carbonyl (C=O) groups excluding carboxylic acids is 2. The first-order valence-corrected chi connectivity index (χ1v) is 13.6. The molecule has 1 fully saturated rings. The van der Waals surface area contributed by atoms with Gasteiger partial charge >= 0.3 is 0 Å². The lowest BCUT2D eigenvalue weighted by Crippen LogP contribution is -2.51. The van der Waals surface area contributed by atoms with Crippen LogP contribution < -0.4 is 10.6 Å². The van der Waals surface area contributed by atoms with Gasteiger partial charge in [0.15, 0.2) is 0 Å². The van der Waals surface area contributed by atoms with Crippen molar-refractivity contribution in [3.8, 4) is 0 Å². The molecule has 0 radical (unpaired) electrons. The molecule has 2 aromatic rings. The lowest BCUT2D eigenvalue weighted by atomic mass is 9.80. The number of pyridine rings is 1. The second-order valence-electron chi connectivity index (χ2n) is 9.79. The van der Waals surface area contributed by atoms with E-state index in [-0.39, 0.29) is 36.7 Å². The van der Waals surface area contributed by atoms with Crippen molar-refractivity contribution in [1.29, 1.82) is 0 Å². The number of piperazine rings is 1. The van der Waals surface area contributed by atoms with Crippen molar-refractivity contribution in [3.05, 3.63) is 57.6 Å². The highest BCUT2D eigenvalue weighted by molar-refractivity contribution is 6.30. The zero-order valence-electron chi connectivity index (χ0n) is 20.9. The Morgan fingerprint density at radius 1 is 1.16 bits per heavy atom. The number of alkyl halides is 1. The molecular formula is C26H31Cl2N7O2. The Hall–Kier alpha value is -2.75. The van der Waals surface area contributed by atoms with Crippen molar-refractivity contribution in [2.75, 3.05) is 43.5 Å². The van der Waals surface area contributed by atoms with Crippen LogP contribution >= 0.6 is 23.2 Å². The molecule has 2 amide bonds. The fourth-order valence-electron chi connectivity index (χ4n) is 5.58. The molecule has 0 saturated carbocycles. The van der Waals surface area contributed by atoms with Crippen LogP contribution in [0.15, 0.2) is 29.6 Å². The van der Waals surface area contributed by atoms with Crippen molar-refractivity contribution >= 4 is 41.0 Å². The number of hydrogen-bond donors (Lipinski definition) is 1. The summed E-state index contributed by atoms with van der Waals surface area (Å²) in [4.78, 5) is 45.6. The number of halogens is 2. The van der Waals surface area contributed by atoms with E-state index in [4.69, 9.17) is 33.9 Å². The highest BCUT2D eigenvalue weighted by Gasteiger charge is 2.38. The fourth-order valence-corrected chi connectivity index (χ4v) is 6.22. The van der Waals surface area contributed by atoms with E-state index in [2.05, 4.69) is 14.9 Å². The normalized spacial score (nSPS) is 21.8. The summed E-state index contributed by atoms with van der Waals surface area (Å²) in [7, 11) is 0. The van der Waals surface area contributed by atoms with E-state index >= 15 is 0 Å². The minimum absolute atomic E-state index is 0.00996. The van der Waals surface area contributed by atoms with Crippen LogP contribution in [-0.4, -0.2) is 75.2 Å². The third-order valence-corrected chi connectivity index (χ3v) is 8.35. The molecule has 1 aliphatic carbocycles. The molecule has 2 N–H and O–H groups in total. The molecule has 9 nitrogen and oxygen atoms in total. The molecule has 2 atom stereocenters. The van der Waals surface area contributed by atoms with Gasteiger partial charge in [-0.1, -0.05) is 17.7 Å². The smallest absolute Gasteiger partial charge is 0.256 e. The summed E-state index contributed by atoms with van der Waals surface area (Å²) in [5.74, 6) is 1.02. The molecule has 0 aromatic carbocycles. The highest BCUT2D eigenvalue weighted by Crippen LogP contribution is 2.44. The van der Waals surface area contributed by atoms with E-state index in [1.807, 2.05) is 13.0 Å². The zero-order chi connectivity index (χ0) is 26.1. The maximum Gasteiger partial charge on any atom is 0.256 e. The Kier molecular flexibility index (Phi) is 7.65. The van der Waals surface area contributed by atoms with Crippen LogP contribution in [0.5, 0.6) is 0 Å². The Bertz CT molecular complexity index is 1220. The third kappa shape index (κ3) is 5.04. The number of rotatable bonds is 6. The average Bonchev–Trinajstić information content (AvgIpc) is 3.22. The topological polar surface area (TPSA) is 109 Å². The third-order valence-electron chi connectivity index (χ3n) is 7.56. The zero-order valence-corrected chi connectivity index (χ0v) is 22.4. The Balaban J connectivity index is 1.33. The van der Waals surface area contributed by atoms with Gasteiger partial charge in [0, 0.05) is 67.6 Å². The van der Waals surface area contributed by atoms with E-state index < -0.39 is 0 Å². The fraction of sp³-hybridized carbons (Fsp3) is 0.500. The van der Waals surface area contributed by atoms with E-state index in [1.165, 1.54) is 0 Å². The standard InChI is InChI=1S/C26H31Cl2N7O2/c1-16-19(13-29)23(18-4-3-17(12-27)11-20(18)28)24-21(32-16)14-35(25(24)37)15-22(36)33-7-9-34(10-8-33)26-30-5-2-6-31-26/h2,5-6,11,17-18H,3-4,7-10,12-15,29H2,1H3. The quantitative estimate of drug-likeness (QED) is 0.558. The number of carbonyl (C=O) groups is 2. The van der Waals surface area contributed by atoms with Crippen LogP contribution in [0.1, 0.15) is 51.6 Å².